The second kappa shape index (κ2) is 10.6. The summed E-state index contributed by atoms with van der Waals surface area (Å²) in [5.74, 6) is -4.36. The van der Waals surface area contributed by atoms with Gasteiger partial charge in [0.05, 0.1) is 5.02 Å². The highest BCUT2D eigenvalue weighted by atomic mass is 35.5. The maximum Gasteiger partial charge on any atom is 0.254 e. The largest absolute Gasteiger partial charge is 0.448 e. The summed E-state index contributed by atoms with van der Waals surface area (Å²) in [7, 11) is 0. The first-order valence-corrected chi connectivity index (χ1v) is 14.8. The summed E-state index contributed by atoms with van der Waals surface area (Å²) in [5, 5.41) is 3.05. The van der Waals surface area contributed by atoms with Gasteiger partial charge >= 0.3 is 0 Å². The van der Waals surface area contributed by atoms with Crippen LogP contribution in [0.2, 0.25) is 5.02 Å². The minimum Gasteiger partial charge on any atom is -0.448 e. The molecule has 0 bridgehead atoms. The molecule has 1 aromatic heterocycles. The van der Waals surface area contributed by atoms with E-state index in [0.717, 1.165) is 10.6 Å². The number of halogens is 3. The molecular weight excluding hydrogens is 564 g/mol. The van der Waals surface area contributed by atoms with Crippen molar-refractivity contribution in [3.63, 3.8) is 0 Å². The number of piperidine rings is 1. The van der Waals surface area contributed by atoms with E-state index in [1.54, 1.807) is 18.7 Å². The predicted octanol–water partition coefficient (Wildman–Crippen LogP) is 5.07. The van der Waals surface area contributed by atoms with Gasteiger partial charge in [-0.15, -0.1) is 11.8 Å². The smallest absolute Gasteiger partial charge is 0.254 e. The number of rotatable bonds is 6. The fourth-order valence-corrected chi connectivity index (χ4v) is 6.71. The van der Waals surface area contributed by atoms with Crippen LogP contribution in [0.15, 0.2) is 21.8 Å². The van der Waals surface area contributed by atoms with E-state index in [0.29, 0.717) is 54.1 Å². The molecule has 1 unspecified atom stereocenters. The summed E-state index contributed by atoms with van der Waals surface area (Å²) in [6, 6.07) is 3.40. The summed E-state index contributed by atoms with van der Waals surface area (Å²) >= 11 is 7.98. The fourth-order valence-electron chi connectivity index (χ4n) is 5.77. The van der Waals surface area contributed by atoms with Gasteiger partial charge in [0.2, 0.25) is 11.8 Å². The number of aromatic amines is 1. The van der Waals surface area contributed by atoms with Crippen molar-refractivity contribution in [2.75, 3.05) is 19.3 Å². The number of hydrogen-bond donors (Lipinski definition) is 2. The highest BCUT2D eigenvalue weighted by Crippen LogP contribution is 2.51. The number of hydrogen-bond acceptors (Lipinski definition) is 6. The zero-order valence-corrected chi connectivity index (χ0v) is 24.4. The molecule has 12 heteroatoms. The van der Waals surface area contributed by atoms with Crippen LogP contribution in [0, 0.1) is 25.7 Å². The third-order valence-corrected chi connectivity index (χ3v) is 9.24. The molecule has 5 rings (SSSR count). The standard InChI is InChI=1S/C28H32ClF2N3O5S/c1-14-9-21(40-4)19(25(36)33-14)13-32-24(35)18-10-20(29)23-22(15(18)2)38-27(3,39-23)17-5-7-34(8-6-17)26(37)16-11-28(30,31)12-16/h9-10,16-17H,5-8,11-13H2,1-4H3,(H,32,35)(H,33,36). The molecule has 1 saturated carbocycles. The van der Waals surface area contributed by atoms with E-state index in [-0.39, 0.29) is 41.8 Å². The van der Waals surface area contributed by atoms with Gasteiger partial charge in [0.1, 0.15) is 0 Å². The lowest BCUT2D eigenvalue weighted by Gasteiger charge is -2.42. The summed E-state index contributed by atoms with van der Waals surface area (Å²) in [6.45, 7) is 6.27. The lowest BCUT2D eigenvalue weighted by Crippen LogP contribution is -2.52. The summed E-state index contributed by atoms with van der Waals surface area (Å²) in [6.07, 6.45) is 2.27. The van der Waals surface area contributed by atoms with E-state index < -0.39 is 23.5 Å². The van der Waals surface area contributed by atoms with Gasteiger partial charge in [0.25, 0.3) is 17.3 Å². The number of amides is 2. The van der Waals surface area contributed by atoms with Gasteiger partial charge in [0, 0.05) is 78.5 Å². The number of aryl methyl sites for hydroxylation is 1. The Morgan fingerprint density at radius 2 is 1.82 bits per heavy atom. The Morgan fingerprint density at radius 3 is 2.45 bits per heavy atom. The van der Waals surface area contributed by atoms with Gasteiger partial charge in [-0.3, -0.25) is 14.4 Å². The molecule has 2 amide bonds. The number of benzene rings is 1. The predicted molar refractivity (Wildman–Crippen MR) is 148 cm³/mol. The number of H-pyrrole nitrogens is 1. The minimum absolute atomic E-state index is 0.0453. The number of alkyl halides is 2. The van der Waals surface area contributed by atoms with Crippen LogP contribution in [0.5, 0.6) is 11.5 Å². The Balaban J connectivity index is 1.26. The van der Waals surface area contributed by atoms with E-state index in [4.69, 9.17) is 21.1 Å². The number of nitrogens with one attached hydrogen (secondary N) is 2. The van der Waals surface area contributed by atoms with Gasteiger partial charge in [-0.25, -0.2) is 8.78 Å². The monoisotopic (exact) mass is 595 g/mol. The number of carbonyl (C=O) groups is 2. The number of fused-ring (bicyclic) bond motifs is 1. The molecule has 0 spiro atoms. The molecule has 40 heavy (non-hydrogen) atoms. The number of nitrogens with zero attached hydrogens (tertiary/aromatic N) is 1. The maximum atomic E-state index is 13.2. The Kier molecular flexibility index (Phi) is 7.58. The molecule has 8 nitrogen and oxygen atoms in total. The average molecular weight is 596 g/mol. The van der Waals surface area contributed by atoms with Crippen molar-refractivity contribution in [3.05, 3.63) is 49.9 Å². The lowest BCUT2D eigenvalue weighted by atomic mass is 9.79. The van der Waals surface area contributed by atoms with E-state index in [9.17, 15) is 23.2 Å². The van der Waals surface area contributed by atoms with Crippen molar-refractivity contribution in [2.45, 2.75) is 69.6 Å². The number of carbonyl (C=O) groups excluding carboxylic acids is 2. The molecule has 1 aromatic carbocycles. The van der Waals surface area contributed by atoms with Crippen molar-refractivity contribution < 1.29 is 27.8 Å². The number of thioether (sulfide) groups is 1. The van der Waals surface area contributed by atoms with Gasteiger partial charge in [-0.1, -0.05) is 11.6 Å². The first-order chi connectivity index (χ1) is 18.8. The Bertz CT molecular complexity index is 1420. The van der Waals surface area contributed by atoms with Crippen molar-refractivity contribution in [1.82, 2.24) is 15.2 Å². The second-order valence-electron chi connectivity index (χ2n) is 11.0. The van der Waals surface area contributed by atoms with Crippen LogP contribution in [0.4, 0.5) is 8.78 Å². The molecule has 0 radical (unpaired) electrons. The molecule has 2 N–H and O–H groups in total. The van der Waals surface area contributed by atoms with Crippen LogP contribution in [0.3, 0.4) is 0 Å². The van der Waals surface area contributed by atoms with E-state index in [1.807, 2.05) is 19.2 Å². The van der Waals surface area contributed by atoms with E-state index >= 15 is 0 Å². The zero-order chi connectivity index (χ0) is 29.0. The first kappa shape index (κ1) is 28.7. The normalized spacial score (nSPS) is 22.2. The molecule has 1 saturated heterocycles. The van der Waals surface area contributed by atoms with Crippen molar-refractivity contribution in [3.8, 4) is 11.5 Å². The molecule has 1 aliphatic carbocycles. The minimum atomic E-state index is -2.73. The quantitative estimate of drug-likeness (QED) is 0.453. The highest BCUT2D eigenvalue weighted by molar-refractivity contribution is 7.98. The zero-order valence-electron chi connectivity index (χ0n) is 22.8. The molecule has 2 aromatic rings. The third kappa shape index (κ3) is 5.30. The summed E-state index contributed by atoms with van der Waals surface area (Å²) < 4.78 is 39.0. The molecule has 2 fully saturated rings. The molecule has 1 atom stereocenters. The van der Waals surface area contributed by atoms with Crippen molar-refractivity contribution >= 4 is 35.2 Å². The fraction of sp³-hybridized carbons (Fsp3) is 0.536. The van der Waals surface area contributed by atoms with Crippen molar-refractivity contribution in [1.29, 1.82) is 0 Å². The highest BCUT2D eigenvalue weighted by Gasteiger charge is 2.51. The van der Waals surface area contributed by atoms with E-state index in [2.05, 4.69) is 10.3 Å². The van der Waals surface area contributed by atoms with Crippen LogP contribution in [-0.2, 0) is 11.3 Å². The SMILES string of the molecule is CSc1cc(C)[nH]c(=O)c1CNC(=O)c1cc(Cl)c2c(c1C)OC(C)(C1CCN(C(=O)C3CC(F)(F)C3)CC1)O2. The number of pyridine rings is 1. The first-order valence-electron chi connectivity index (χ1n) is 13.2. The van der Waals surface area contributed by atoms with Gasteiger partial charge < -0.3 is 24.7 Å². The second-order valence-corrected chi connectivity index (χ2v) is 12.2. The van der Waals surface area contributed by atoms with Crippen LogP contribution < -0.4 is 20.3 Å². The topological polar surface area (TPSA) is 101 Å². The molecular formula is C28H32ClF2N3O5S. The number of aromatic nitrogens is 1. The molecule has 3 heterocycles. The summed E-state index contributed by atoms with van der Waals surface area (Å²) in [5.41, 5.74) is 1.83. The van der Waals surface area contributed by atoms with Crippen LogP contribution in [-0.4, -0.2) is 52.8 Å². The van der Waals surface area contributed by atoms with Crippen LogP contribution >= 0.6 is 23.4 Å². The Labute approximate surface area is 240 Å². The molecule has 3 aliphatic rings. The third-order valence-electron chi connectivity index (χ3n) is 8.16. The van der Waals surface area contributed by atoms with Gasteiger partial charge in [-0.05, 0) is 45.1 Å². The number of ether oxygens (including phenoxy) is 2. The van der Waals surface area contributed by atoms with Crippen LogP contribution in [0.1, 0.15) is 59.8 Å². The van der Waals surface area contributed by atoms with Crippen molar-refractivity contribution in [2.24, 2.45) is 11.8 Å². The van der Waals surface area contributed by atoms with E-state index in [1.165, 1.54) is 17.8 Å². The van der Waals surface area contributed by atoms with Crippen LogP contribution in [0.25, 0.3) is 0 Å². The Morgan fingerprint density at radius 1 is 1.18 bits per heavy atom. The average Bonchev–Trinajstić information content (AvgIpc) is 3.27. The lowest BCUT2D eigenvalue weighted by molar-refractivity contribution is -0.165. The maximum absolute atomic E-state index is 13.2. The molecule has 2 aliphatic heterocycles. The van der Waals surface area contributed by atoms with Gasteiger partial charge in [0.15, 0.2) is 11.5 Å². The molecule has 216 valence electrons. The number of likely N-dealkylation sites (tertiary alicyclic amines) is 1. The van der Waals surface area contributed by atoms with Gasteiger partial charge in [-0.2, -0.15) is 0 Å². The Hall–Kier alpha value is -2.79. The summed E-state index contributed by atoms with van der Waals surface area (Å²) in [4.78, 5) is 43.5.